The minimum atomic E-state index is -0.914. The number of alkyl halides is 4. The van der Waals surface area contributed by atoms with Gasteiger partial charge < -0.3 is 14.2 Å². The summed E-state index contributed by atoms with van der Waals surface area (Å²) in [6.45, 7) is 0.680. The number of hydrogen-bond donors (Lipinski definition) is 0. The van der Waals surface area contributed by atoms with Crippen molar-refractivity contribution >= 4 is 63.7 Å². The van der Waals surface area contributed by atoms with Crippen LogP contribution in [0.25, 0.3) is 0 Å². The van der Waals surface area contributed by atoms with E-state index in [1.165, 1.54) is 0 Å². The third kappa shape index (κ3) is 3.10. The second-order valence-electron chi connectivity index (χ2n) is 5.97. The summed E-state index contributed by atoms with van der Waals surface area (Å²) in [5.74, 6) is 0. The highest BCUT2D eigenvalue weighted by Crippen LogP contribution is 2.71. The first-order valence-electron chi connectivity index (χ1n) is 7.72. The highest BCUT2D eigenvalue weighted by Gasteiger charge is 2.79. The van der Waals surface area contributed by atoms with Crippen LogP contribution in [0.3, 0.4) is 0 Å². The van der Waals surface area contributed by atoms with Crippen molar-refractivity contribution < 1.29 is 14.2 Å². The van der Waals surface area contributed by atoms with Gasteiger partial charge in [-0.25, -0.2) is 0 Å². The van der Waals surface area contributed by atoms with Gasteiger partial charge in [-0.05, 0) is 58.9 Å². The lowest BCUT2D eigenvalue weighted by Gasteiger charge is -2.39. The standard InChI is InChI=1S/C18H14Br4O3/c19-15(14-11-23-14)24-16(12-7-3-1-4-8-12,13-9-5-2-6-10-13)17(20)18(21,22)25-17/h1-10,14-15H,11H2. The molecular formula is C18H14Br4O3. The minimum absolute atomic E-state index is 0.0294. The molecule has 7 heteroatoms. The van der Waals surface area contributed by atoms with Crippen molar-refractivity contribution in [2.75, 3.05) is 6.61 Å². The lowest BCUT2D eigenvalue weighted by Crippen LogP contribution is -2.47. The molecule has 0 radical (unpaired) electrons. The fourth-order valence-corrected chi connectivity index (χ4v) is 5.83. The van der Waals surface area contributed by atoms with Crippen LogP contribution in [0.2, 0.25) is 0 Å². The minimum Gasteiger partial charge on any atom is -0.369 e. The fraction of sp³-hybridized carbons (Fsp3) is 0.333. The van der Waals surface area contributed by atoms with E-state index in [-0.39, 0.29) is 11.1 Å². The average Bonchev–Trinajstić information content (AvgIpc) is 3.52. The van der Waals surface area contributed by atoms with Crippen LogP contribution in [-0.4, -0.2) is 25.7 Å². The smallest absolute Gasteiger partial charge is 0.222 e. The van der Waals surface area contributed by atoms with E-state index in [0.29, 0.717) is 6.61 Å². The molecule has 2 aliphatic rings. The highest BCUT2D eigenvalue weighted by atomic mass is 79.9. The van der Waals surface area contributed by atoms with Crippen LogP contribution >= 0.6 is 63.7 Å². The van der Waals surface area contributed by atoms with Gasteiger partial charge in [-0.1, -0.05) is 76.6 Å². The molecule has 25 heavy (non-hydrogen) atoms. The van der Waals surface area contributed by atoms with Crippen LogP contribution in [0.5, 0.6) is 0 Å². The maximum atomic E-state index is 6.66. The molecule has 2 aromatic rings. The molecule has 2 fully saturated rings. The number of halogens is 4. The topological polar surface area (TPSA) is 34.3 Å². The first kappa shape index (κ1) is 18.6. The number of ether oxygens (including phenoxy) is 3. The predicted molar refractivity (Wildman–Crippen MR) is 111 cm³/mol. The molecule has 3 atom stereocenters. The zero-order valence-corrected chi connectivity index (χ0v) is 19.2. The molecule has 3 nitrogen and oxygen atoms in total. The first-order valence-corrected chi connectivity index (χ1v) is 11.0. The molecule has 0 aromatic heterocycles. The molecule has 2 aliphatic heterocycles. The zero-order valence-electron chi connectivity index (χ0n) is 12.9. The van der Waals surface area contributed by atoms with Gasteiger partial charge in [-0.3, -0.25) is 0 Å². The van der Waals surface area contributed by atoms with Gasteiger partial charge in [0.25, 0.3) is 0 Å². The monoisotopic (exact) mass is 594 g/mol. The van der Waals surface area contributed by atoms with E-state index >= 15 is 0 Å². The van der Waals surface area contributed by atoms with Gasteiger partial charge in [0.2, 0.25) is 7.93 Å². The zero-order chi connectivity index (χ0) is 17.7. The fourth-order valence-electron chi connectivity index (χ4n) is 2.98. The Morgan fingerprint density at radius 2 is 1.40 bits per heavy atom. The summed E-state index contributed by atoms with van der Waals surface area (Å²) in [5, 5.41) is -0.276. The van der Waals surface area contributed by atoms with Crippen molar-refractivity contribution in [1.82, 2.24) is 0 Å². The Hall–Kier alpha value is 0.240. The molecule has 0 aliphatic carbocycles. The maximum Gasteiger partial charge on any atom is 0.222 e. The Kier molecular flexibility index (Phi) is 4.98. The molecule has 4 rings (SSSR count). The third-order valence-corrected chi connectivity index (χ3v) is 8.92. The summed E-state index contributed by atoms with van der Waals surface area (Å²) < 4.78 is 16.5. The van der Waals surface area contributed by atoms with Gasteiger partial charge >= 0.3 is 0 Å². The van der Waals surface area contributed by atoms with Crippen LogP contribution in [-0.2, 0) is 19.8 Å². The van der Waals surface area contributed by atoms with E-state index in [0.717, 1.165) is 11.1 Å². The lowest BCUT2D eigenvalue weighted by molar-refractivity contribution is -0.0642. The van der Waals surface area contributed by atoms with E-state index < -0.39 is 13.5 Å². The highest BCUT2D eigenvalue weighted by molar-refractivity contribution is 9.26. The quantitative estimate of drug-likeness (QED) is 0.320. The van der Waals surface area contributed by atoms with E-state index in [1.807, 2.05) is 60.7 Å². The summed E-state index contributed by atoms with van der Waals surface area (Å²) in [7, 11) is 0. The molecule has 2 aromatic carbocycles. The first-order chi connectivity index (χ1) is 11.9. The predicted octanol–water partition coefficient (Wildman–Crippen LogP) is 5.63. The molecule has 0 N–H and O–H groups in total. The normalized spacial score (nSPS) is 28.4. The average molecular weight is 598 g/mol. The third-order valence-electron chi connectivity index (χ3n) is 4.36. The number of epoxide rings is 2. The summed E-state index contributed by atoms with van der Waals surface area (Å²) in [5.41, 5.74) is 1.04. The van der Waals surface area contributed by atoms with Gasteiger partial charge in [0, 0.05) is 0 Å². The summed E-state index contributed by atoms with van der Waals surface area (Å²) in [6.07, 6.45) is 0.0294. The molecule has 0 saturated carbocycles. The number of hydrogen-bond acceptors (Lipinski definition) is 3. The number of benzene rings is 2. The van der Waals surface area contributed by atoms with Crippen LogP contribution < -0.4 is 0 Å². The molecule has 3 unspecified atom stereocenters. The maximum absolute atomic E-state index is 6.66. The van der Waals surface area contributed by atoms with Gasteiger partial charge in [0.1, 0.15) is 11.1 Å². The van der Waals surface area contributed by atoms with Crippen LogP contribution in [0.4, 0.5) is 0 Å². The van der Waals surface area contributed by atoms with Gasteiger partial charge in [0.05, 0.1) is 6.61 Å². The van der Waals surface area contributed by atoms with Crippen molar-refractivity contribution in [2.24, 2.45) is 0 Å². The molecule has 2 saturated heterocycles. The van der Waals surface area contributed by atoms with Crippen molar-refractivity contribution in [3.8, 4) is 0 Å². The summed E-state index contributed by atoms with van der Waals surface area (Å²) in [4.78, 5) is 0. The SMILES string of the molecule is BrC(OC(c1ccccc1)(c1ccccc1)C1(Br)OC1(Br)Br)C1CO1. The Morgan fingerprint density at radius 1 is 0.960 bits per heavy atom. The lowest BCUT2D eigenvalue weighted by atomic mass is 9.83. The molecule has 0 spiro atoms. The van der Waals surface area contributed by atoms with E-state index in [2.05, 4.69) is 63.7 Å². The van der Waals surface area contributed by atoms with Crippen molar-refractivity contribution in [3.63, 3.8) is 0 Å². The molecule has 2 heterocycles. The van der Waals surface area contributed by atoms with Crippen LogP contribution in [0.15, 0.2) is 60.7 Å². The molecule has 0 amide bonds. The van der Waals surface area contributed by atoms with Gasteiger partial charge in [-0.15, -0.1) is 0 Å². The Morgan fingerprint density at radius 3 is 1.76 bits per heavy atom. The van der Waals surface area contributed by atoms with E-state index in [9.17, 15) is 0 Å². The van der Waals surface area contributed by atoms with Crippen LogP contribution in [0, 0.1) is 0 Å². The molecule has 0 bridgehead atoms. The second-order valence-corrected chi connectivity index (χ2v) is 11.3. The Bertz CT molecular complexity index is 712. The van der Waals surface area contributed by atoms with Gasteiger partial charge in [-0.2, -0.15) is 0 Å². The summed E-state index contributed by atoms with van der Waals surface area (Å²) in [6, 6.07) is 20.1. The number of rotatable bonds is 6. The van der Waals surface area contributed by atoms with Crippen molar-refractivity contribution in [1.29, 1.82) is 0 Å². The van der Waals surface area contributed by atoms with E-state index in [4.69, 9.17) is 14.2 Å². The van der Waals surface area contributed by atoms with Crippen molar-refractivity contribution in [2.45, 2.75) is 24.6 Å². The molecular weight excluding hydrogens is 584 g/mol. The largest absolute Gasteiger partial charge is 0.369 e. The molecule has 132 valence electrons. The van der Waals surface area contributed by atoms with Crippen molar-refractivity contribution in [3.05, 3.63) is 71.8 Å². The summed E-state index contributed by atoms with van der Waals surface area (Å²) >= 11 is 14.6. The van der Waals surface area contributed by atoms with Crippen LogP contribution in [0.1, 0.15) is 11.1 Å². The van der Waals surface area contributed by atoms with Gasteiger partial charge in [0.15, 0.2) is 5.60 Å². The Balaban J connectivity index is 1.91. The second kappa shape index (κ2) is 6.69. The Labute approximate surface area is 179 Å². The van der Waals surface area contributed by atoms with E-state index in [1.54, 1.807) is 0 Å².